The number of rotatable bonds is 14. The Labute approximate surface area is 161 Å². The van der Waals surface area contributed by atoms with Gasteiger partial charge in [-0.3, -0.25) is 4.90 Å². The van der Waals surface area contributed by atoms with Crippen molar-refractivity contribution in [3.63, 3.8) is 0 Å². The number of thioether (sulfide) groups is 1. The van der Waals surface area contributed by atoms with Crippen LogP contribution in [0.25, 0.3) is 0 Å². The molecule has 0 spiro atoms. The number of hydrogen-bond acceptors (Lipinski definition) is 3. The molecule has 0 aliphatic carbocycles. The molecule has 1 saturated heterocycles. The Hall–Kier alpha value is 0.200. The molecule has 1 heterocycles. The van der Waals surface area contributed by atoms with Gasteiger partial charge < -0.3 is 4.90 Å². The van der Waals surface area contributed by atoms with E-state index in [1.165, 1.54) is 70.2 Å². The molecule has 0 N–H and O–H groups in total. The van der Waals surface area contributed by atoms with E-state index in [2.05, 4.69) is 37.5 Å². The summed E-state index contributed by atoms with van der Waals surface area (Å²) in [7, 11) is 0. The molecule has 2 atom stereocenters. The van der Waals surface area contributed by atoms with Gasteiger partial charge >= 0.3 is 0 Å². The molecule has 2 unspecified atom stereocenters. The van der Waals surface area contributed by atoms with Crippen molar-refractivity contribution in [3.8, 4) is 0 Å². The second-order valence-corrected chi connectivity index (χ2v) is 9.12. The van der Waals surface area contributed by atoms with E-state index in [0.717, 1.165) is 29.4 Å². The molecule has 0 amide bonds. The van der Waals surface area contributed by atoms with Crippen molar-refractivity contribution in [1.29, 1.82) is 0 Å². The van der Waals surface area contributed by atoms with E-state index < -0.39 is 0 Å². The highest BCUT2D eigenvalue weighted by Crippen LogP contribution is 2.22. The molecule has 1 aliphatic rings. The first-order valence-electron chi connectivity index (χ1n) is 10.3. The molecule has 0 radical (unpaired) electrons. The largest absolute Gasteiger partial charge is 0.344 e. The highest BCUT2D eigenvalue weighted by molar-refractivity contribution is 8.23. The van der Waals surface area contributed by atoms with Crippen LogP contribution in [0.4, 0.5) is 0 Å². The number of thiocarbonyl (C=S) groups is 1. The van der Waals surface area contributed by atoms with Crippen LogP contribution in [0, 0.1) is 11.8 Å². The van der Waals surface area contributed by atoms with Gasteiger partial charge in [0.05, 0.1) is 6.67 Å². The van der Waals surface area contributed by atoms with Crippen LogP contribution in [-0.4, -0.2) is 46.2 Å². The molecule has 1 rings (SSSR count). The average Bonchev–Trinajstić information content (AvgIpc) is 2.99. The van der Waals surface area contributed by atoms with Crippen LogP contribution in [-0.2, 0) is 0 Å². The smallest absolute Gasteiger partial charge is 0.137 e. The standard InChI is InChI=1S/C20H40N2S2/c1-5-9-11-18(7-3)15-21(16-19(8-4)12-10-6-2)17-22-13-14-24-20(22)23/h18-19H,5-17H2,1-4H3. The van der Waals surface area contributed by atoms with Gasteiger partial charge in [-0.05, 0) is 24.7 Å². The minimum atomic E-state index is 0.845. The Morgan fingerprint density at radius 1 is 1.00 bits per heavy atom. The van der Waals surface area contributed by atoms with Gasteiger partial charge in [-0.2, -0.15) is 0 Å². The predicted octanol–water partition coefficient (Wildman–Crippen LogP) is 6.01. The van der Waals surface area contributed by atoms with Gasteiger partial charge in [0.2, 0.25) is 0 Å². The summed E-state index contributed by atoms with van der Waals surface area (Å²) in [5.41, 5.74) is 0. The number of nitrogens with zero attached hydrogens (tertiary/aromatic N) is 2. The first-order chi connectivity index (χ1) is 11.6. The summed E-state index contributed by atoms with van der Waals surface area (Å²) in [5.74, 6) is 2.86. The second-order valence-electron chi connectivity index (χ2n) is 7.39. The molecule has 142 valence electrons. The molecule has 0 saturated carbocycles. The number of hydrogen-bond donors (Lipinski definition) is 0. The lowest BCUT2D eigenvalue weighted by molar-refractivity contribution is 0.136. The van der Waals surface area contributed by atoms with Crippen LogP contribution in [0.3, 0.4) is 0 Å². The zero-order chi connectivity index (χ0) is 17.8. The maximum absolute atomic E-state index is 5.55. The fourth-order valence-corrected chi connectivity index (χ4v) is 4.77. The van der Waals surface area contributed by atoms with Crippen molar-refractivity contribution < 1.29 is 0 Å². The third kappa shape index (κ3) is 8.53. The van der Waals surface area contributed by atoms with Crippen molar-refractivity contribution in [2.75, 3.05) is 32.1 Å². The Morgan fingerprint density at radius 3 is 1.92 bits per heavy atom. The van der Waals surface area contributed by atoms with Crippen LogP contribution >= 0.6 is 24.0 Å². The fourth-order valence-electron chi connectivity index (χ4n) is 3.55. The quantitative estimate of drug-likeness (QED) is 0.344. The van der Waals surface area contributed by atoms with E-state index in [1.54, 1.807) is 0 Å². The molecule has 1 aliphatic heterocycles. The Bertz CT molecular complexity index is 318. The fraction of sp³-hybridized carbons (Fsp3) is 0.950. The predicted molar refractivity (Wildman–Crippen MR) is 115 cm³/mol. The topological polar surface area (TPSA) is 6.48 Å². The second kappa shape index (κ2) is 13.4. The summed E-state index contributed by atoms with van der Waals surface area (Å²) in [6, 6.07) is 0. The monoisotopic (exact) mass is 372 g/mol. The highest BCUT2D eigenvalue weighted by atomic mass is 32.2. The Morgan fingerprint density at radius 2 is 1.54 bits per heavy atom. The van der Waals surface area contributed by atoms with Gasteiger partial charge in [0.15, 0.2) is 0 Å². The molecule has 24 heavy (non-hydrogen) atoms. The summed E-state index contributed by atoms with van der Waals surface area (Å²) >= 11 is 7.40. The zero-order valence-corrected chi connectivity index (χ0v) is 18.2. The van der Waals surface area contributed by atoms with Crippen molar-refractivity contribution in [2.45, 2.75) is 79.1 Å². The van der Waals surface area contributed by atoms with E-state index in [1.807, 2.05) is 11.8 Å². The summed E-state index contributed by atoms with van der Waals surface area (Å²) in [5, 5.41) is 0. The van der Waals surface area contributed by atoms with Crippen LogP contribution in [0.15, 0.2) is 0 Å². The van der Waals surface area contributed by atoms with E-state index >= 15 is 0 Å². The number of unbranched alkanes of at least 4 members (excludes halogenated alkanes) is 2. The van der Waals surface area contributed by atoms with Crippen molar-refractivity contribution >= 4 is 28.3 Å². The molecule has 0 aromatic rings. The minimum Gasteiger partial charge on any atom is -0.344 e. The normalized spacial score (nSPS) is 17.7. The van der Waals surface area contributed by atoms with Crippen LogP contribution in [0.2, 0.25) is 0 Å². The van der Waals surface area contributed by atoms with Crippen molar-refractivity contribution in [2.24, 2.45) is 11.8 Å². The summed E-state index contributed by atoms with van der Waals surface area (Å²) in [6.45, 7) is 14.0. The van der Waals surface area contributed by atoms with Crippen LogP contribution < -0.4 is 0 Å². The van der Waals surface area contributed by atoms with Crippen LogP contribution in [0.5, 0.6) is 0 Å². The molecule has 0 bridgehead atoms. The molecule has 0 aromatic heterocycles. The van der Waals surface area contributed by atoms with Gasteiger partial charge in [-0.25, -0.2) is 0 Å². The maximum atomic E-state index is 5.55. The van der Waals surface area contributed by atoms with E-state index in [-0.39, 0.29) is 0 Å². The van der Waals surface area contributed by atoms with Gasteiger partial charge in [0.25, 0.3) is 0 Å². The van der Waals surface area contributed by atoms with Crippen molar-refractivity contribution in [3.05, 3.63) is 0 Å². The van der Waals surface area contributed by atoms with Crippen LogP contribution in [0.1, 0.15) is 79.1 Å². The van der Waals surface area contributed by atoms with Gasteiger partial charge in [0.1, 0.15) is 4.32 Å². The first kappa shape index (κ1) is 22.2. The Kier molecular flexibility index (Phi) is 12.4. The molecule has 1 fully saturated rings. The Balaban J connectivity index is 2.63. The van der Waals surface area contributed by atoms with Gasteiger partial charge in [0, 0.05) is 25.4 Å². The average molecular weight is 373 g/mol. The lowest BCUT2D eigenvalue weighted by Crippen LogP contribution is -2.42. The molecule has 2 nitrogen and oxygen atoms in total. The first-order valence-corrected chi connectivity index (χ1v) is 11.7. The highest BCUT2D eigenvalue weighted by Gasteiger charge is 2.23. The lowest BCUT2D eigenvalue weighted by atomic mass is 9.96. The summed E-state index contributed by atoms with van der Waals surface area (Å²) in [4.78, 5) is 5.16. The maximum Gasteiger partial charge on any atom is 0.137 e. The third-order valence-electron chi connectivity index (χ3n) is 5.33. The summed E-state index contributed by atoms with van der Waals surface area (Å²) < 4.78 is 1.11. The van der Waals surface area contributed by atoms with E-state index in [9.17, 15) is 0 Å². The minimum absolute atomic E-state index is 0.845. The zero-order valence-electron chi connectivity index (χ0n) is 16.6. The molecule has 0 aromatic carbocycles. The molecule has 4 heteroatoms. The van der Waals surface area contributed by atoms with E-state index in [0.29, 0.717) is 0 Å². The third-order valence-corrected chi connectivity index (χ3v) is 6.84. The lowest BCUT2D eigenvalue weighted by Gasteiger charge is -2.34. The molecular formula is C20H40N2S2. The van der Waals surface area contributed by atoms with Gasteiger partial charge in [-0.1, -0.05) is 90.2 Å². The van der Waals surface area contributed by atoms with E-state index in [4.69, 9.17) is 12.2 Å². The van der Waals surface area contributed by atoms with Gasteiger partial charge in [-0.15, -0.1) is 0 Å². The SMILES string of the molecule is CCCCC(CC)CN(CC(CC)CCCC)CN1CCSC1=S. The van der Waals surface area contributed by atoms with Crippen molar-refractivity contribution in [1.82, 2.24) is 9.80 Å². The molecular weight excluding hydrogens is 332 g/mol. The summed E-state index contributed by atoms with van der Waals surface area (Å²) in [6.07, 6.45) is 10.8.